The predicted octanol–water partition coefficient (Wildman–Crippen LogP) is 5.78. The van der Waals surface area contributed by atoms with E-state index in [1.54, 1.807) is 12.4 Å². The molecule has 3 heteroatoms. The van der Waals surface area contributed by atoms with Crippen LogP contribution in [-0.4, -0.2) is 4.98 Å². The zero-order chi connectivity index (χ0) is 16.0. The maximum atomic E-state index is 6.20. The molecule has 23 heavy (non-hydrogen) atoms. The number of anilines is 2. The Balaban J connectivity index is 1.79. The number of hydrogen-bond donors (Lipinski definition) is 1. The fourth-order valence-electron chi connectivity index (χ4n) is 3.41. The van der Waals surface area contributed by atoms with E-state index < -0.39 is 0 Å². The average Bonchev–Trinajstić information content (AvgIpc) is 2.78. The summed E-state index contributed by atoms with van der Waals surface area (Å²) < 4.78 is 0. The summed E-state index contributed by atoms with van der Waals surface area (Å²) in [7, 11) is 0. The molecular weight excluding hydrogens is 304 g/mol. The second kappa shape index (κ2) is 5.10. The molecule has 2 nitrogen and oxygen atoms in total. The molecule has 1 N–H and O–H groups in total. The number of aromatic nitrogens is 1. The summed E-state index contributed by atoms with van der Waals surface area (Å²) in [5, 5.41) is 4.02. The molecule has 0 radical (unpaired) electrons. The first-order valence-electron chi connectivity index (χ1n) is 7.68. The summed E-state index contributed by atoms with van der Waals surface area (Å²) in [4.78, 5) is 4.02. The molecule has 0 fully saturated rings. The number of nitrogens with zero attached hydrogens (tertiary/aromatic N) is 1. The monoisotopic (exact) mass is 320 g/mol. The van der Waals surface area contributed by atoms with Crippen molar-refractivity contribution in [3.05, 3.63) is 77.1 Å². The van der Waals surface area contributed by atoms with Crippen LogP contribution in [-0.2, 0) is 5.41 Å². The molecule has 1 aliphatic rings. The van der Waals surface area contributed by atoms with Crippen molar-refractivity contribution < 1.29 is 0 Å². The van der Waals surface area contributed by atoms with Gasteiger partial charge in [-0.2, -0.15) is 0 Å². The Bertz CT molecular complexity index is 900. The smallest absolute Gasteiger partial charge is 0.0824 e. The molecule has 0 spiro atoms. The van der Waals surface area contributed by atoms with Gasteiger partial charge in [-0.05, 0) is 40.5 Å². The highest BCUT2D eigenvalue weighted by molar-refractivity contribution is 6.33. The molecule has 1 aromatic heterocycles. The van der Waals surface area contributed by atoms with Gasteiger partial charge in [-0.15, -0.1) is 0 Å². The van der Waals surface area contributed by atoms with Crippen molar-refractivity contribution in [3.63, 3.8) is 0 Å². The molecule has 0 bridgehead atoms. The molecule has 2 aromatic carbocycles. The molecule has 3 aromatic rings. The van der Waals surface area contributed by atoms with E-state index in [0.29, 0.717) is 5.02 Å². The number of pyridine rings is 1. The molecular formula is C20H17ClN2. The van der Waals surface area contributed by atoms with Crippen LogP contribution in [0.25, 0.3) is 11.1 Å². The fraction of sp³-hybridized carbons (Fsp3) is 0.150. The number of benzene rings is 2. The van der Waals surface area contributed by atoms with Gasteiger partial charge in [0.15, 0.2) is 0 Å². The van der Waals surface area contributed by atoms with Gasteiger partial charge in [-0.3, -0.25) is 4.98 Å². The number of fused-ring (bicyclic) bond motifs is 3. The van der Waals surface area contributed by atoms with Crippen LogP contribution in [0, 0.1) is 0 Å². The van der Waals surface area contributed by atoms with E-state index in [-0.39, 0.29) is 5.41 Å². The van der Waals surface area contributed by atoms with E-state index in [1.165, 1.54) is 22.3 Å². The van der Waals surface area contributed by atoms with Crippen molar-refractivity contribution in [3.8, 4) is 11.1 Å². The molecule has 4 rings (SSSR count). The lowest BCUT2D eigenvalue weighted by Crippen LogP contribution is -2.15. The Morgan fingerprint density at radius 1 is 0.957 bits per heavy atom. The number of halogens is 1. The zero-order valence-corrected chi connectivity index (χ0v) is 13.9. The van der Waals surface area contributed by atoms with Crippen LogP contribution in [0.1, 0.15) is 25.0 Å². The van der Waals surface area contributed by atoms with E-state index in [9.17, 15) is 0 Å². The topological polar surface area (TPSA) is 24.9 Å². The highest BCUT2D eigenvalue weighted by atomic mass is 35.5. The Hall–Kier alpha value is -2.32. The van der Waals surface area contributed by atoms with Gasteiger partial charge in [0.2, 0.25) is 0 Å². The van der Waals surface area contributed by atoms with E-state index >= 15 is 0 Å². The van der Waals surface area contributed by atoms with Crippen molar-refractivity contribution in [1.29, 1.82) is 0 Å². The molecule has 0 unspecified atom stereocenters. The van der Waals surface area contributed by atoms with Gasteiger partial charge in [-0.25, -0.2) is 0 Å². The third kappa shape index (κ3) is 2.22. The molecule has 1 aliphatic carbocycles. The van der Waals surface area contributed by atoms with Crippen LogP contribution in [0.3, 0.4) is 0 Å². The van der Waals surface area contributed by atoms with Crippen LogP contribution in [0.15, 0.2) is 60.9 Å². The summed E-state index contributed by atoms with van der Waals surface area (Å²) in [5.41, 5.74) is 7.29. The highest BCUT2D eigenvalue weighted by Crippen LogP contribution is 2.49. The standard InChI is InChI=1S/C20H17ClN2/c1-20(2)16-6-4-3-5-14(16)15-8-7-13(11-17(15)20)23-19-9-10-22-12-18(19)21/h3-12H,1-2H3,(H,22,23). The Morgan fingerprint density at radius 3 is 2.57 bits per heavy atom. The second-order valence-electron chi connectivity index (χ2n) is 6.41. The van der Waals surface area contributed by atoms with Gasteiger partial charge in [0.1, 0.15) is 0 Å². The van der Waals surface area contributed by atoms with Gasteiger partial charge in [-0.1, -0.05) is 55.8 Å². The summed E-state index contributed by atoms with van der Waals surface area (Å²) in [5.74, 6) is 0. The van der Waals surface area contributed by atoms with Gasteiger partial charge in [0, 0.05) is 23.5 Å². The van der Waals surface area contributed by atoms with Crippen molar-refractivity contribution in [1.82, 2.24) is 4.98 Å². The molecule has 114 valence electrons. The van der Waals surface area contributed by atoms with Crippen LogP contribution < -0.4 is 5.32 Å². The molecule has 0 aliphatic heterocycles. The maximum absolute atomic E-state index is 6.20. The molecule has 0 saturated heterocycles. The van der Waals surface area contributed by atoms with Crippen LogP contribution >= 0.6 is 11.6 Å². The number of rotatable bonds is 2. The molecule has 0 atom stereocenters. The Kier molecular flexibility index (Phi) is 3.17. The van der Waals surface area contributed by atoms with Crippen molar-refractivity contribution in [2.24, 2.45) is 0 Å². The first-order chi connectivity index (χ1) is 11.1. The van der Waals surface area contributed by atoms with E-state index in [4.69, 9.17) is 11.6 Å². The Labute approximate surface area is 141 Å². The summed E-state index contributed by atoms with van der Waals surface area (Å²) in [6.07, 6.45) is 3.39. The van der Waals surface area contributed by atoms with Gasteiger partial charge < -0.3 is 5.32 Å². The normalized spacial score (nSPS) is 14.2. The number of nitrogens with one attached hydrogen (secondary N) is 1. The van der Waals surface area contributed by atoms with Gasteiger partial charge >= 0.3 is 0 Å². The lowest BCUT2D eigenvalue weighted by Gasteiger charge is -2.22. The number of hydrogen-bond acceptors (Lipinski definition) is 2. The van der Waals surface area contributed by atoms with E-state index in [2.05, 4.69) is 66.6 Å². The van der Waals surface area contributed by atoms with Crippen LogP contribution in [0.2, 0.25) is 5.02 Å². The minimum absolute atomic E-state index is 0.00561. The predicted molar refractivity (Wildman–Crippen MR) is 96.5 cm³/mol. The molecule has 1 heterocycles. The van der Waals surface area contributed by atoms with Crippen molar-refractivity contribution in [2.75, 3.05) is 5.32 Å². The summed E-state index contributed by atoms with van der Waals surface area (Å²) in [6, 6.07) is 17.1. The van der Waals surface area contributed by atoms with Crippen LogP contribution in [0.4, 0.5) is 11.4 Å². The van der Waals surface area contributed by atoms with E-state index in [0.717, 1.165) is 11.4 Å². The first-order valence-corrected chi connectivity index (χ1v) is 8.06. The maximum Gasteiger partial charge on any atom is 0.0824 e. The quantitative estimate of drug-likeness (QED) is 0.647. The third-order valence-electron chi connectivity index (χ3n) is 4.63. The lowest BCUT2D eigenvalue weighted by molar-refractivity contribution is 0.660. The van der Waals surface area contributed by atoms with Crippen molar-refractivity contribution in [2.45, 2.75) is 19.3 Å². The Morgan fingerprint density at radius 2 is 1.74 bits per heavy atom. The van der Waals surface area contributed by atoms with Gasteiger partial charge in [0.25, 0.3) is 0 Å². The summed E-state index contributed by atoms with van der Waals surface area (Å²) >= 11 is 6.20. The van der Waals surface area contributed by atoms with Crippen molar-refractivity contribution >= 4 is 23.0 Å². The second-order valence-corrected chi connectivity index (χ2v) is 6.82. The SMILES string of the molecule is CC1(C)c2ccccc2-c2ccc(Nc3ccncc3Cl)cc21. The lowest BCUT2D eigenvalue weighted by atomic mass is 9.82. The first kappa shape index (κ1) is 14.3. The highest BCUT2D eigenvalue weighted by Gasteiger charge is 2.35. The fourth-order valence-corrected chi connectivity index (χ4v) is 3.58. The van der Waals surface area contributed by atoms with Crippen LogP contribution in [0.5, 0.6) is 0 Å². The largest absolute Gasteiger partial charge is 0.354 e. The minimum Gasteiger partial charge on any atom is -0.354 e. The minimum atomic E-state index is 0.00561. The van der Waals surface area contributed by atoms with Gasteiger partial charge in [0.05, 0.1) is 10.7 Å². The average molecular weight is 321 g/mol. The molecule has 0 amide bonds. The summed E-state index contributed by atoms with van der Waals surface area (Å²) in [6.45, 7) is 4.56. The molecule has 0 saturated carbocycles. The van der Waals surface area contributed by atoms with E-state index in [1.807, 2.05) is 6.07 Å². The zero-order valence-electron chi connectivity index (χ0n) is 13.1. The third-order valence-corrected chi connectivity index (χ3v) is 4.94.